The summed E-state index contributed by atoms with van der Waals surface area (Å²) >= 11 is 5.90. The first-order valence-corrected chi connectivity index (χ1v) is 6.73. The molecule has 0 spiro atoms. The zero-order valence-electron chi connectivity index (χ0n) is 11.0. The van der Waals surface area contributed by atoms with Crippen LogP contribution in [0.1, 0.15) is 5.56 Å². The van der Waals surface area contributed by atoms with Crippen LogP contribution >= 0.6 is 11.6 Å². The van der Waals surface area contributed by atoms with Gasteiger partial charge in [-0.3, -0.25) is 0 Å². The molecule has 2 aromatic heterocycles. The van der Waals surface area contributed by atoms with Crippen LogP contribution in [0, 0.1) is 0 Å². The van der Waals surface area contributed by atoms with Crippen LogP contribution in [0.3, 0.4) is 0 Å². The van der Waals surface area contributed by atoms with Gasteiger partial charge in [0.2, 0.25) is 11.2 Å². The minimum atomic E-state index is 0.109. The lowest BCUT2D eigenvalue weighted by Crippen LogP contribution is -2.11. The lowest BCUT2D eigenvalue weighted by Gasteiger charge is -2.06. The van der Waals surface area contributed by atoms with E-state index in [1.165, 1.54) is 22.9 Å². The van der Waals surface area contributed by atoms with Crippen LogP contribution in [0.2, 0.25) is 5.28 Å². The zero-order valence-corrected chi connectivity index (χ0v) is 11.8. The van der Waals surface area contributed by atoms with Crippen molar-refractivity contribution in [3.05, 3.63) is 53.8 Å². The average Bonchev–Trinajstić information content (AvgIpc) is 3.02. The van der Waals surface area contributed by atoms with Gasteiger partial charge in [0.15, 0.2) is 0 Å². The first kappa shape index (κ1) is 13.4. The summed E-state index contributed by atoms with van der Waals surface area (Å²) in [5, 5.41) is 7.20. The Balaban J connectivity index is 1.68. The lowest BCUT2D eigenvalue weighted by molar-refractivity contribution is 0.792. The van der Waals surface area contributed by atoms with E-state index in [4.69, 9.17) is 11.6 Å². The smallest absolute Gasteiger partial charge is 0.258 e. The monoisotopic (exact) mass is 301 g/mol. The van der Waals surface area contributed by atoms with E-state index in [1.807, 2.05) is 18.2 Å². The van der Waals surface area contributed by atoms with Crippen molar-refractivity contribution in [1.82, 2.24) is 29.7 Å². The van der Waals surface area contributed by atoms with Gasteiger partial charge < -0.3 is 5.32 Å². The lowest BCUT2D eigenvalue weighted by atomic mass is 10.1. The molecule has 0 fully saturated rings. The third-order valence-electron chi connectivity index (χ3n) is 2.76. The van der Waals surface area contributed by atoms with Crippen molar-refractivity contribution in [3.8, 4) is 5.95 Å². The van der Waals surface area contributed by atoms with Crippen molar-refractivity contribution in [2.75, 3.05) is 11.9 Å². The number of anilines is 1. The second kappa shape index (κ2) is 6.27. The van der Waals surface area contributed by atoms with E-state index in [1.54, 1.807) is 0 Å². The Kier molecular flexibility index (Phi) is 4.02. The van der Waals surface area contributed by atoms with Crippen LogP contribution in [0.15, 0.2) is 43.0 Å². The number of aromatic nitrogens is 6. The Bertz CT molecular complexity index is 700. The molecule has 21 heavy (non-hydrogen) atoms. The highest BCUT2D eigenvalue weighted by Gasteiger charge is 2.07. The summed E-state index contributed by atoms with van der Waals surface area (Å²) in [7, 11) is 0. The minimum Gasteiger partial charge on any atom is -0.354 e. The maximum absolute atomic E-state index is 5.90. The molecule has 0 radical (unpaired) electrons. The van der Waals surface area contributed by atoms with E-state index < -0.39 is 0 Å². The number of hydrogen-bond acceptors (Lipinski definition) is 6. The van der Waals surface area contributed by atoms with E-state index in [2.05, 4.69) is 42.5 Å². The third-order valence-corrected chi connectivity index (χ3v) is 2.93. The minimum absolute atomic E-state index is 0.109. The third kappa shape index (κ3) is 3.51. The molecule has 1 aromatic carbocycles. The van der Waals surface area contributed by atoms with Crippen molar-refractivity contribution in [3.63, 3.8) is 0 Å². The van der Waals surface area contributed by atoms with E-state index >= 15 is 0 Å². The second-order valence-corrected chi connectivity index (χ2v) is 4.57. The van der Waals surface area contributed by atoms with Crippen LogP contribution in [0.25, 0.3) is 5.95 Å². The van der Waals surface area contributed by atoms with E-state index in [0.717, 1.165) is 6.42 Å². The summed E-state index contributed by atoms with van der Waals surface area (Å²) in [6.45, 7) is 0.696. The van der Waals surface area contributed by atoms with E-state index in [0.29, 0.717) is 18.4 Å². The van der Waals surface area contributed by atoms with Gasteiger partial charge in [-0.1, -0.05) is 30.3 Å². The molecule has 106 valence electrons. The molecule has 2 heterocycles. The van der Waals surface area contributed by atoms with E-state index in [9.17, 15) is 0 Å². The average molecular weight is 302 g/mol. The van der Waals surface area contributed by atoms with Gasteiger partial charge in [-0.25, -0.2) is 4.98 Å². The van der Waals surface area contributed by atoms with E-state index in [-0.39, 0.29) is 5.28 Å². The van der Waals surface area contributed by atoms with Crippen molar-refractivity contribution < 1.29 is 0 Å². The number of halogens is 1. The molecule has 0 amide bonds. The van der Waals surface area contributed by atoms with Crippen LogP contribution in [0.4, 0.5) is 5.95 Å². The fourth-order valence-corrected chi connectivity index (χ4v) is 1.95. The molecule has 3 rings (SSSR count). The molecule has 0 saturated carbocycles. The molecular formula is C13H12ClN7. The molecule has 3 aromatic rings. The van der Waals surface area contributed by atoms with Gasteiger partial charge in [0.05, 0.1) is 0 Å². The summed E-state index contributed by atoms with van der Waals surface area (Å²) in [5.41, 5.74) is 1.24. The fourth-order valence-electron chi connectivity index (χ4n) is 1.80. The van der Waals surface area contributed by atoms with Crippen LogP contribution in [0.5, 0.6) is 0 Å². The largest absolute Gasteiger partial charge is 0.354 e. The predicted octanol–water partition coefficient (Wildman–Crippen LogP) is 1.76. The van der Waals surface area contributed by atoms with Crippen LogP contribution < -0.4 is 5.32 Å². The number of benzene rings is 1. The quantitative estimate of drug-likeness (QED) is 0.773. The Hall–Kier alpha value is -2.54. The standard InChI is InChI=1S/C13H12ClN7/c14-11-18-12(16-7-6-10-4-2-1-3-5-10)20-13(19-11)21-9-15-8-17-21/h1-5,8-9H,6-7H2,(H,16,18,19,20). The van der Waals surface area contributed by atoms with Crippen molar-refractivity contribution in [1.29, 1.82) is 0 Å². The van der Waals surface area contributed by atoms with Gasteiger partial charge in [0.25, 0.3) is 5.95 Å². The topological polar surface area (TPSA) is 81.4 Å². The molecule has 8 heteroatoms. The highest BCUT2D eigenvalue weighted by Crippen LogP contribution is 2.09. The Morgan fingerprint density at radius 3 is 2.71 bits per heavy atom. The number of hydrogen-bond donors (Lipinski definition) is 1. The number of nitrogens with one attached hydrogen (secondary N) is 1. The highest BCUT2D eigenvalue weighted by atomic mass is 35.5. The van der Waals surface area contributed by atoms with Gasteiger partial charge in [-0.05, 0) is 23.6 Å². The molecule has 0 unspecified atom stereocenters. The van der Waals surface area contributed by atoms with Gasteiger partial charge in [-0.15, -0.1) is 0 Å². The molecule has 0 saturated heterocycles. The van der Waals surface area contributed by atoms with Gasteiger partial charge in [-0.2, -0.15) is 24.7 Å². The number of nitrogens with zero attached hydrogens (tertiary/aromatic N) is 6. The maximum Gasteiger partial charge on any atom is 0.258 e. The van der Waals surface area contributed by atoms with Crippen molar-refractivity contribution >= 4 is 17.5 Å². The zero-order chi connectivity index (χ0) is 14.5. The van der Waals surface area contributed by atoms with Crippen molar-refractivity contribution in [2.45, 2.75) is 6.42 Å². The molecule has 0 aliphatic carbocycles. The molecule has 0 bridgehead atoms. The summed E-state index contributed by atoms with van der Waals surface area (Å²) in [6.07, 6.45) is 3.77. The first-order valence-electron chi connectivity index (χ1n) is 6.35. The normalized spacial score (nSPS) is 10.5. The fraction of sp³-hybridized carbons (Fsp3) is 0.154. The molecular weight excluding hydrogens is 290 g/mol. The molecule has 7 nitrogen and oxygen atoms in total. The Morgan fingerprint density at radius 2 is 1.95 bits per heavy atom. The SMILES string of the molecule is Clc1nc(NCCc2ccccc2)nc(-n2cncn2)n1. The molecule has 0 aliphatic rings. The Labute approximate surface area is 126 Å². The van der Waals surface area contributed by atoms with Crippen LogP contribution in [-0.4, -0.2) is 36.3 Å². The first-order chi connectivity index (χ1) is 10.3. The van der Waals surface area contributed by atoms with Crippen LogP contribution in [-0.2, 0) is 6.42 Å². The van der Waals surface area contributed by atoms with Gasteiger partial charge >= 0.3 is 0 Å². The maximum atomic E-state index is 5.90. The highest BCUT2D eigenvalue weighted by molar-refractivity contribution is 6.28. The molecule has 0 aliphatic heterocycles. The molecule has 0 atom stereocenters. The predicted molar refractivity (Wildman–Crippen MR) is 78.4 cm³/mol. The van der Waals surface area contributed by atoms with Gasteiger partial charge in [0, 0.05) is 6.54 Å². The summed E-state index contributed by atoms with van der Waals surface area (Å²) in [5.74, 6) is 0.742. The molecule has 1 N–H and O–H groups in total. The van der Waals surface area contributed by atoms with Gasteiger partial charge in [0.1, 0.15) is 12.7 Å². The summed E-state index contributed by atoms with van der Waals surface area (Å²) < 4.78 is 1.43. The summed E-state index contributed by atoms with van der Waals surface area (Å²) in [4.78, 5) is 16.1. The van der Waals surface area contributed by atoms with Crippen molar-refractivity contribution in [2.24, 2.45) is 0 Å². The Morgan fingerprint density at radius 1 is 1.10 bits per heavy atom. The second-order valence-electron chi connectivity index (χ2n) is 4.23. The number of rotatable bonds is 5. The summed E-state index contributed by atoms with van der Waals surface area (Å²) in [6, 6.07) is 10.2.